The van der Waals surface area contributed by atoms with E-state index in [1.807, 2.05) is 46.3 Å². The van der Waals surface area contributed by atoms with Crippen molar-refractivity contribution in [1.29, 1.82) is 0 Å². The normalized spacial score (nSPS) is 19.3. The standard InChI is InChI=1S/C31H26F3N5O4.C27H21N5O4S.C24H20F3N5O4.C24H21N5O5/c1-43-22-9-6-19-14-38(27(40)24(19)12-22)15-30(28(41)36-29(42)37-30)20-7-4-18(5-8-20)23-10-21(31(32,33)34)11-25-26(23)39(16-35-25)13-17-2-3-17;1-36-20-8-4-18-14-32(24(33)21(18)12-20)15-27(25(34)30-26(35)31-27)19-6-2-16(3-7-19)22-9-5-17(13-29-22)23-28-10-11-37-23;1-31-11-18(19(30-31)24(25,26)27)13-3-6-15(7-4-13)23(21(34)28-22(35)29-23)12-32-10-14-5-8-16(36-2)9-17(14)20(32)33;1-33-17-8-5-15-12-29(21(30)19(15)9-17)13-24(22(31)27-23(32)28-24)16-6-3-14(4-7-16)20-25-10-18(34-2)11-26-20/h4-12,16-17H,2-3,13-15H2,1H3,(H2,36,37,41,42);2-13H,14-15H2,1H3,(H2,30,31,34,35);3-9,11H,10,12H2,1-2H3,(H2,28,29,34,35);3-11H,12-13H2,1-2H3,(H2,27,28,31,32)/t30-;27-;23-;24-/m0000/s1. The van der Waals surface area contributed by atoms with Gasteiger partial charge in [0.1, 0.15) is 28.0 Å². The van der Waals surface area contributed by atoms with Crippen LogP contribution in [0.1, 0.15) is 110 Å². The number of nitrogens with one attached hydrogen (secondary N) is 8. The molecule has 9 aliphatic rings. The smallest absolute Gasteiger partial charge is 0.435 e. The average Bonchev–Trinajstić information content (AvgIpc) is 1.63. The summed E-state index contributed by atoms with van der Waals surface area (Å²) in [5, 5.41) is 26.3. The minimum atomic E-state index is -4.65. The van der Waals surface area contributed by atoms with E-state index in [-0.39, 0.29) is 79.5 Å². The van der Waals surface area contributed by atoms with E-state index in [4.69, 9.17) is 23.7 Å². The van der Waals surface area contributed by atoms with Crippen molar-refractivity contribution < 1.29 is 108 Å². The highest BCUT2D eigenvalue weighted by Gasteiger charge is 2.56. The summed E-state index contributed by atoms with van der Waals surface area (Å²) < 4.78 is 111. The number of halogens is 6. The first-order valence-corrected chi connectivity index (χ1v) is 47.6. The van der Waals surface area contributed by atoms with Crippen molar-refractivity contribution in [3.63, 3.8) is 0 Å². The third kappa shape index (κ3) is 18.7. The van der Waals surface area contributed by atoms with Crippen molar-refractivity contribution >= 4 is 93.8 Å². The number of methoxy groups -OCH3 is 5. The molecule has 0 unspecified atom stereocenters. The molecule has 16 amide bonds. The highest BCUT2D eigenvalue weighted by atomic mass is 32.1. The van der Waals surface area contributed by atoms with Crippen LogP contribution in [0.4, 0.5) is 45.5 Å². The van der Waals surface area contributed by atoms with E-state index >= 15 is 0 Å². The average molecular weight is 2060 g/mol. The van der Waals surface area contributed by atoms with Crippen LogP contribution in [-0.2, 0) is 93.5 Å². The molecule has 4 atom stereocenters. The number of thiazole rings is 1. The molecule has 762 valence electrons. The lowest BCUT2D eigenvalue weighted by Gasteiger charge is -2.31. The largest absolute Gasteiger partial charge is 0.497 e. The lowest BCUT2D eigenvalue weighted by Crippen LogP contribution is -2.52. The van der Waals surface area contributed by atoms with Crippen LogP contribution in [0.15, 0.2) is 237 Å². The van der Waals surface area contributed by atoms with E-state index in [0.717, 1.165) is 79.3 Å². The number of aromatic nitrogens is 8. The highest BCUT2D eigenvalue weighted by molar-refractivity contribution is 7.13. The molecule has 150 heavy (non-hydrogen) atoms. The number of fused-ring (bicyclic) bond motifs is 5. The molecule has 1 aliphatic carbocycles. The first kappa shape index (κ1) is 99.1. The van der Waals surface area contributed by atoms with Crippen LogP contribution in [0.2, 0.25) is 0 Å². The van der Waals surface area contributed by atoms with Crippen molar-refractivity contribution in [2.75, 3.05) is 61.7 Å². The summed E-state index contributed by atoms with van der Waals surface area (Å²) in [6.45, 7) is 1.39. The summed E-state index contributed by atoms with van der Waals surface area (Å²) >= 11 is 1.55. The Morgan fingerprint density at radius 2 is 0.747 bits per heavy atom. The number of alkyl halides is 6. The fourth-order valence-corrected chi connectivity index (χ4v) is 20.3. The maximum atomic E-state index is 13.8. The van der Waals surface area contributed by atoms with Gasteiger partial charge in [-0.1, -0.05) is 121 Å². The first-order chi connectivity index (χ1) is 72.0. The Kier molecular flexibility index (Phi) is 25.7. The molecule has 23 rings (SSSR count). The van der Waals surface area contributed by atoms with Crippen molar-refractivity contribution in [1.82, 2.24) is 101 Å². The Balaban J connectivity index is 0.000000121. The van der Waals surface area contributed by atoms with Crippen LogP contribution >= 0.6 is 11.3 Å². The van der Waals surface area contributed by atoms with Crippen LogP contribution < -0.4 is 66.2 Å². The van der Waals surface area contributed by atoms with E-state index in [1.165, 1.54) is 75.7 Å². The zero-order chi connectivity index (χ0) is 105. The molecule has 5 aromatic heterocycles. The first-order valence-electron chi connectivity index (χ1n) is 46.7. The number of rotatable bonds is 24. The Hall–Kier alpha value is -18.3. The quantitative estimate of drug-likeness (QED) is 0.0206. The van der Waals surface area contributed by atoms with Gasteiger partial charge in [-0.3, -0.25) is 69.3 Å². The van der Waals surface area contributed by atoms with Crippen LogP contribution in [0.5, 0.6) is 28.7 Å². The number of hydrogen-bond acceptors (Lipinski definition) is 24. The molecule has 9 aromatic carbocycles. The lowest BCUT2D eigenvalue weighted by molar-refractivity contribution is -0.141. The predicted octanol–water partition coefficient (Wildman–Crippen LogP) is 13.1. The fraction of sp³-hybridized carbons (Fsp3) is 0.226. The number of nitrogens with zero attached hydrogens (tertiary/aromatic N) is 12. The fourth-order valence-electron chi connectivity index (χ4n) is 19.7. The van der Waals surface area contributed by atoms with E-state index in [1.54, 1.807) is 181 Å². The van der Waals surface area contributed by atoms with Gasteiger partial charge >= 0.3 is 36.5 Å². The molecule has 0 radical (unpaired) electrons. The molecule has 1 saturated carbocycles. The molecule has 13 heterocycles. The van der Waals surface area contributed by atoms with Gasteiger partial charge < -0.3 is 69.1 Å². The molecular formula is C106H88F6N20O17S. The molecule has 0 spiro atoms. The maximum Gasteiger partial charge on any atom is 0.435 e. The highest BCUT2D eigenvalue weighted by Crippen LogP contribution is 2.45. The number of benzene rings is 9. The van der Waals surface area contributed by atoms with E-state index in [0.29, 0.717) is 121 Å². The summed E-state index contributed by atoms with van der Waals surface area (Å²) in [6, 6.07) is 50.8. The molecule has 37 nitrogen and oxygen atoms in total. The molecule has 8 aliphatic heterocycles. The number of hydrogen-bond donors (Lipinski definition) is 8. The number of aryl methyl sites for hydroxylation is 1. The summed E-state index contributed by atoms with van der Waals surface area (Å²) in [5.74, 6) is 0.273. The van der Waals surface area contributed by atoms with Gasteiger partial charge in [0.15, 0.2) is 39.4 Å². The Bertz CT molecular complexity index is 7850. The Labute approximate surface area is 852 Å². The summed E-state index contributed by atoms with van der Waals surface area (Å²) in [5.41, 5.74) is 4.09. The van der Waals surface area contributed by atoms with Gasteiger partial charge in [-0.15, -0.1) is 11.3 Å². The van der Waals surface area contributed by atoms with Crippen LogP contribution in [-0.4, -0.2) is 192 Å². The number of urea groups is 4. The van der Waals surface area contributed by atoms with Crippen molar-refractivity contribution in [2.24, 2.45) is 13.0 Å². The number of carbonyl (C=O) groups is 12. The molecule has 8 N–H and O–H groups in total. The summed E-state index contributed by atoms with van der Waals surface area (Å²) in [7, 11) is 8.99. The topological polar surface area (TPSA) is 447 Å². The van der Waals surface area contributed by atoms with Gasteiger partial charge in [0.25, 0.3) is 47.3 Å². The Morgan fingerprint density at radius 1 is 0.380 bits per heavy atom. The van der Waals surface area contributed by atoms with Crippen molar-refractivity contribution in [3.8, 4) is 84.2 Å². The van der Waals surface area contributed by atoms with Crippen molar-refractivity contribution in [3.05, 3.63) is 315 Å². The second-order valence-electron chi connectivity index (χ2n) is 36.8. The van der Waals surface area contributed by atoms with Gasteiger partial charge in [0.2, 0.25) is 0 Å². The molecule has 14 aromatic rings. The van der Waals surface area contributed by atoms with E-state index < -0.39 is 93.5 Å². The lowest BCUT2D eigenvalue weighted by atomic mass is 9.87. The number of imidazole rings is 1. The number of ether oxygens (including phenoxy) is 5. The zero-order valence-corrected chi connectivity index (χ0v) is 81.2. The third-order valence-electron chi connectivity index (χ3n) is 27.5. The van der Waals surface area contributed by atoms with Crippen LogP contribution in [0, 0.1) is 5.92 Å². The van der Waals surface area contributed by atoms with Gasteiger partial charge in [-0.2, -0.15) is 31.4 Å². The summed E-state index contributed by atoms with van der Waals surface area (Å²) in [4.78, 5) is 182. The van der Waals surface area contributed by atoms with E-state index in [2.05, 4.69) is 72.6 Å². The minimum Gasteiger partial charge on any atom is -0.497 e. The molecular weight excluding hydrogens is 1970 g/mol. The maximum absolute atomic E-state index is 13.8. The van der Waals surface area contributed by atoms with Crippen LogP contribution in [0.3, 0.4) is 0 Å². The second kappa shape index (κ2) is 38.9. The van der Waals surface area contributed by atoms with Gasteiger partial charge in [0, 0.05) is 114 Å². The number of carbonyl (C=O) groups excluding carboxylic acids is 12. The molecule has 44 heteroatoms. The van der Waals surface area contributed by atoms with Crippen molar-refractivity contribution in [2.45, 2.75) is 80.1 Å². The molecule has 0 bridgehead atoms. The van der Waals surface area contributed by atoms with Crippen LogP contribution in [0.25, 0.3) is 66.5 Å². The number of pyridine rings is 1. The second-order valence-corrected chi connectivity index (χ2v) is 37.7. The Morgan fingerprint density at radius 3 is 1.07 bits per heavy atom. The van der Waals surface area contributed by atoms with Gasteiger partial charge in [-0.05, 0) is 147 Å². The monoisotopic (exact) mass is 2060 g/mol. The third-order valence-corrected chi connectivity index (χ3v) is 28.4. The summed E-state index contributed by atoms with van der Waals surface area (Å²) in [6.07, 6.45) is 2.41. The van der Waals surface area contributed by atoms with E-state index in [9.17, 15) is 83.9 Å². The predicted molar refractivity (Wildman–Crippen MR) is 526 cm³/mol. The minimum absolute atomic E-state index is 0.0134. The molecule has 5 fully saturated rings. The van der Waals surface area contributed by atoms with Gasteiger partial charge in [0.05, 0.1) is 103 Å². The van der Waals surface area contributed by atoms with Gasteiger partial charge in [-0.25, -0.2) is 39.1 Å². The number of imide groups is 4. The number of amides is 16. The molecule has 4 saturated heterocycles. The SMILES string of the molecule is COc1ccc2c(c1)C(=O)N(C[C@@]1(c3ccc(-c4cc(C(F)(F)F)cc5ncn(CC6CC6)c45)cc3)NC(=O)NC1=O)C2.COc1ccc2c(c1)C(=O)N(C[C@@]1(c3ccc(-c4ccc(-c5nccs5)cn4)cc3)NC(=O)NC1=O)C2.COc1ccc2c(c1)C(=O)N(C[C@@]1(c3ccc(-c4cn(C)nc4C(F)(F)F)cc3)NC(=O)NC1=O)C2.COc1cnc(-c2ccc([C@]3(CN4Cc5ccc(OC)cc5C4=O)NC(=O)NC3=O)cc2)nc1. The zero-order valence-electron chi connectivity index (χ0n) is 80.4.